The fourth-order valence-corrected chi connectivity index (χ4v) is 5.45. The molecule has 2 aliphatic rings. The van der Waals surface area contributed by atoms with Gasteiger partial charge in [-0.15, -0.1) is 0 Å². The van der Waals surface area contributed by atoms with Gasteiger partial charge in [-0.2, -0.15) is 0 Å². The molecule has 1 saturated heterocycles. The number of carboxylic acid groups (broad SMARTS) is 1. The summed E-state index contributed by atoms with van der Waals surface area (Å²) in [5.41, 5.74) is 1.36. The molecule has 0 saturated carbocycles. The molecule has 214 valence electrons. The first-order valence-electron chi connectivity index (χ1n) is 13.6. The average molecular weight is 541 g/mol. The van der Waals surface area contributed by atoms with Crippen LogP contribution in [0, 0.1) is 0 Å². The van der Waals surface area contributed by atoms with E-state index in [9.17, 15) is 19.5 Å². The number of amides is 2. The molecule has 2 aliphatic heterocycles. The van der Waals surface area contributed by atoms with Crippen LogP contribution >= 0.6 is 0 Å². The third-order valence-corrected chi connectivity index (χ3v) is 6.98. The van der Waals surface area contributed by atoms with E-state index in [1.54, 1.807) is 41.5 Å². The smallest absolute Gasteiger partial charge is 0.416 e. The zero-order chi connectivity index (χ0) is 29.3. The molecule has 0 radical (unpaired) electrons. The maximum Gasteiger partial charge on any atom is 0.416 e. The highest BCUT2D eigenvalue weighted by molar-refractivity contribution is 5.95. The van der Waals surface area contributed by atoms with E-state index >= 15 is 0 Å². The predicted octanol–water partition coefficient (Wildman–Crippen LogP) is 7.18. The Morgan fingerprint density at radius 3 is 2.13 bits per heavy atom. The van der Waals surface area contributed by atoms with Gasteiger partial charge in [-0.25, -0.2) is 14.4 Å². The highest BCUT2D eigenvalue weighted by Crippen LogP contribution is 2.57. The van der Waals surface area contributed by atoms with Gasteiger partial charge in [0, 0.05) is 5.41 Å². The molecule has 0 bridgehead atoms. The van der Waals surface area contributed by atoms with Crippen molar-refractivity contribution in [1.29, 1.82) is 0 Å². The van der Waals surface area contributed by atoms with Crippen molar-refractivity contribution in [2.24, 2.45) is 0 Å². The Hall–Kier alpha value is -3.29. The molecule has 3 atom stereocenters. The first-order valence-corrected chi connectivity index (χ1v) is 13.6. The molecule has 2 amide bonds. The Balaban J connectivity index is 2.18. The molecule has 3 rings (SSSR count). The van der Waals surface area contributed by atoms with Gasteiger partial charge in [0.25, 0.3) is 0 Å². The zero-order valence-corrected chi connectivity index (χ0v) is 24.8. The number of hydrogen-bond acceptors (Lipinski definition) is 5. The quantitative estimate of drug-likeness (QED) is 0.384. The number of likely N-dealkylation sites (tertiary alicyclic amines) is 1. The van der Waals surface area contributed by atoms with E-state index in [-0.39, 0.29) is 6.42 Å². The fourth-order valence-electron chi connectivity index (χ4n) is 5.45. The second-order valence-corrected chi connectivity index (χ2v) is 12.9. The standard InChI is InChI=1S/C31H44N2O6/c1-20(2)13-12-14-21(3)17-18-31-19-24(25(34)35)33(28(37)39-30(7,8)9)26(31)32(27(36)38-29(4,5)6)23-16-11-10-15-22(23)31/h10-11,13,15-17,24,26H,12,14,18-19H2,1-9H3,(H,34,35)/b21-17+/t24-,26+,31-/m1/s1. The predicted molar refractivity (Wildman–Crippen MR) is 152 cm³/mol. The molecule has 1 N–H and O–H groups in total. The normalized spacial score (nSPS) is 22.7. The molecule has 1 fully saturated rings. The molecule has 1 aromatic rings. The molecule has 2 heterocycles. The zero-order valence-electron chi connectivity index (χ0n) is 24.8. The molecule has 39 heavy (non-hydrogen) atoms. The van der Waals surface area contributed by atoms with Crippen LogP contribution in [0.25, 0.3) is 0 Å². The number of carbonyl (C=O) groups is 3. The highest BCUT2D eigenvalue weighted by atomic mass is 16.6. The lowest BCUT2D eigenvalue weighted by atomic mass is 9.75. The molecule has 0 unspecified atom stereocenters. The fraction of sp³-hybridized carbons (Fsp3) is 0.581. The molecule has 8 heteroatoms. The number of para-hydroxylation sites is 1. The lowest BCUT2D eigenvalue weighted by molar-refractivity contribution is -0.142. The Morgan fingerprint density at radius 2 is 1.56 bits per heavy atom. The minimum absolute atomic E-state index is 0.139. The summed E-state index contributed by atoms with van der Waals surface area (Å²) >= 11 is 0. The minimum Gasteiger partial charge on any atom is -0.480 e. The van der Waals surface area contributed by atoms with Gasteiger partial charge in [-0.3, -0.25) is 9.80 Å². The number of nitrogens with zero attached hydrogens (tertiary/aromatic N) is 2. The van der Waals surface area contributed by atoms with Crippen molar-refractivity contribution in [3.63, 3.8) is 0 Å². The number of benzene rings is 1. The number of anilines is 1. The number of hydrogen-bond donors (Lipinski definition) is 1. The lowest BCUT2D eigenvalue weighted by Gasteiger charge is -2.38. The third kappa shape index (κ3) is 6.65. The maximum absolute atomic E-state index is 13.7. The Morgan fingerprint density at radius 1 is 0.974 bits per heavy atom. The van der Waals surface area contributed by atoms with Gasteiger partial charge in [0.2, 0.25) is 0 Å². The summed E-state index contributed by atoms with van der Waals surface area (Å²) in [7, 11) is 0. The second kappa shape index (κ2) is 11.1. The van der Waals surface area contributed by atoms with Crippen LogP contribution in [0.1, 0.15) is 93.6 Å². The van der Waals surface area contributed by atoms with Gasteiger partial charge >= 0.3 is 18.2 Å². The van der Waals surface area contributed by atoms with Crippen LogP contribution in [0.3, 0.4) is 0 Å². The Labute approximate surface area is 232 Å². The topological polar surface area (TPSA) is 96.4 Å². The van der Waals surface area contributed by atoms with Crippen LogP contribution in [0.5, 0.6) is 0 Å². The van der Waals surface area contributed by atoms with Crippen molar-refractivity contribution in [3.05, 3.63) is 53.1 Å². The molecular weight excluding hydrogens is 496 g/mol. The van der Waals surface area contributed by atoms with Crippen LogP contribution in [-0.4, -0.2) is 51.6 Å². The van der Waals surface area contributed by atoms with Gasteiger partial charge in [0.15, 0.2) is 0 Å². The number of fused-ring (bicyclic) bond motifs is 3. The number of carboxylic acids is 1. The Kier molecular flexibility index (Phi) is 8.58. The summed E-state index contributed by atoms with van der Waals surface area (Å²) in [5.74, 6) is -1.14. The Bertz CT molecular complexity index is 1170. The van der Waals surface area contributed by atoms with E-state index in [1.807, 2.05) is 24.3 Å². The van der Waals surface area contributed by atoms with Crippen LogP contribution in [0.2, 0.25) is 0 Å². The van der Waals surface area contributed by atoms with Crippen LogP contribution in [0.15, 0.2) is 47.6 Å². The second-order valence-electron chi connectivity index (χ2n) is 12.9. The third-order valence-electron chi connectivity index (χ3n) is 6.98. The summed E-state index contributed by atoms with van der Waals surface area (Å²) in [4.78, 5) is 42.7. The molecular formula is C31H44N2O6. The highest BCUT2D eigenvalue weighted by Gasteiger charge is 2.65. The minimum atomic E-state index is -1.18. The van der Waals surface area contributed by atoms with Gasteiger partial charge in [-0.1, -0.05) is 41.5 Å². The van der Waals surface area contributed by atoms with Gasteiger partial charge in [0.1, 0.15) is 23.4 Å². The molecule has 8 nitrogen and oxygen atoms in total. The maximum atomic E-state index is 13.7. The summed E-state index contributed by atoms with van der Waals surface area (Å²) in [6.07, 6.45) is 4.34. The molecule has 0 spiro atoms. The van der Waals surface area contributed by atoms with Gasteiger partial charge in [-0.05, 0) is 99.6 Å². The van der Waals surface area contributed by atoms with E-state index in [1.165, 1.54) is 15.4 Å². The van der Waals surface area contributed by atoms with Crippen LogP contribution < -0.4 is 4.90 Å². The number of carbonyl (C=O) groups excluding carboxylic acids is 2. The van der Waals surface area contributed by atoms with E-state index < -0.39 is 47.0 Å². The monoisotopic (exact) mass is 540 g/mol. The van der Waals surface area contributed by atoms with Crippen molar-refractivity contribution in [2.75, 3.05) is 4.90 Å². The van der Waals surface area contributed by atoms with Crippen molar-refractivity contribution in [2.45, 2.75) is 117 Å². The number of ether oxygens (including phenoxy) is 2. The SMILES string of the molecule is CC(C)=CCC/C(C)=C/C[C@]12C[C@H](C(=O)O)N(C(=O)OC(C)(C)C)[C@@H]1N(C(=O)OC(C)(C)C)c1ccccc12. The first-order chi connectivity index (χ1) is 18.0. The lowest BCUT2D eigenvalue weighted by Crippen LogP contribution is -2.57. The summed E-state index contributed by atoms with van der Waals surface area (Å²) in [6, 6.07) is 6.29. The average Bonchev–Trinajstić information content (AvgIpc) is 3.25. The van der Waals surface area contributed by atoms with Crippen LogP contribution in [-0.2, 0) is 19.7 Å². The number of aliphatic carboxylic acids is 1. The van der Waals surface area contributed by atoms with E-state index in [0.717, 1.165) is 24.0 Å². The largest absolute Gasteiger partial charge is 0.480 e. The van der Waals surface area contributed by atoms with Crippen molar-refractivity contribution < 1.29 is 29.0 Å². The van der Waals surface area contributed by atoms with Crippen molar-refractivity contribution in [3.8, 4) is 0 Å². The summed E-state index contributed by atoms with van der Waals surface area (Å²) in [6.45, 7) is 16.7. The molecule has 0 aromatic heterocycles. The van der Waals surface area contributed by atoms with E-state index in [2.05, 4.69) is 32.9 Å². The van der Waals surface area contributed by atoms with E-state index in [4.69, 9.17) is 9.47 Å². The summed E-state index contributed by atoms with van der Waals surface area (Å²) < 4.78 is 11.5. The van der Waals surface area contributed by atoms with E-state index in [0.29, 0.717) is 12.1 Å². The van der Waals surface area contributed by atoms with Gasteiger partial charge < -0.3 is 14.6 Å². The number of rotatable bonds is 6. The summed E-state index contributed by atoms with van der Waals surface area (Å²) in [5, 5.41) is 10.3. The number of allylic oxidation sites excluding steroid dienone is 4. The van der Waals surface area contributed by atoms with Crippen molar-refractivity contribution >= 4 is 23.8 Å². The first kappa shape index (κ1) is 30.3. The molecule has 0 aliphatic carbocycles. The van der Waals surface area contributed by atoms with Crippen LogP contribution in [0.4, 0.5) is 15.3 Å². The van der Waals surface area contributed by atoms with Gasteiger partial charge in [0.05, 0.1) is 5.69 Å². The van der Waals surface area contributed by atoms with Crippen molar-refractivity contribution in [1.82, 2.24) is 4.90 Å². The molecule has 1 aromatic carbocycles.